The van der Waals surface area contributed by atoms with E-state index in [1.165, 1.54) is 0 Å². The van der Waals surface area contributed by atoms with Gasteiger partial charge < -0.3 is 10.5 Å². The highest BCUT2D eigenvalue weighted by atomic mass is 16.5. The van der Waals surface area contributed by atoms with E-state index in [1.54, 1.807) is 24.4 Å². The van der Waals surface area contributed by atoms with Crippen molar-refractivity contribution in [3.05, 3.63) is 53.9 Å². The monoisotopic (exact) mass is 225 g/mol. The number of rotatable bonds is 3. The van der Waals surface area contributed by atoms with Gasteiger partial charge in [0.2, 0.25) is 0 Å². The Labute approximate surface area is 99.3 Å². The highest BCUT2D eigenvalue weighted by molar-refractivity contribution is 5.43. The number of nitrogens with zero attached hydrogens (tertiary/aromatic N) is 2. The summed E-state index contributed by atoms with van der Waals surface area (Å²) in [5.41, 5.74) is 7.43. The molecule has 0 saturated carbocycles. The van der Waals surface area contributed by atoms with Gasteiger partial charge in [0.25, 0.3) is 0 Å². The third kappa shape index (κ3) is 2.73. The van der Waals surface area contributed by atoms with Gasteiger partial charge in [-0.15, -0.1) is 0 Å². The number of aromatic nitrogens is 1. The second kappa shape index (κ2) is 4.99. The molecule has 0 aliphatic carbocycles. The zero-order valence-electron chi connectivity index (χ0n) is 9.13. The number of anilines is 1. The fourth-order valence-corrected chi connectivity index (χ4v) is 1.42. The maximum Gasteiger partial charge on any atom is 0.147 e. The van der Waals surface area contributed by atoms with Crippen molar-refractivity contribution in [2.24, 2.45) is 0 Å². The zero-order valence-corrected chi connectivity index (χ0v) is 9.13. The summed E-state index contributed by atoms with van der Waals surface area (Å²) in [6, 6.07) is 12.8. The van der Waals surface area contributed by atoms with Crippen LogP contribution in [0.25, 0.3) is 0 Å². The molecule has 1 aromatic carbocycles. The van der Waals surface area contributed by atoms with Crippen LogP contribution < -0.4 is 10.5 Å². The van der Waals surface area contributed by atoms with E-state index in [1.807, 2.05) is 24.3 Å². The molecule has 2 aromatic rings. The molecule has 1 heterocycles. The Morgan fingerprint density at radius 2 is 2.18 bits per heavy atom. The summed E-state index contributed by atoms with van der Waals surface area (Å²) >= 11 is 0. The van der Waals surface area contributed by atoms with Gasteiger partial charge in [0, 0.05) is 23.5 Å². The van der Waals surface area contributed by atoms with Crippen molar-refractivity contribution in [2.75, 3.05) is 5.73 Å². The first-order valence-corrected chi connectivity index (χ1v) is 5.12. The minimum absolute atomic E-state index is 0.306. The van der Waals surface area contributed by atoms with Crippen LogP contribution >= 0.6 is 0 Å². The number of nitriles is 1. The molecule has 0 saturated heterocycles. The number of pyridine rings is 1. The lowest BCUT2D eigenvalue weighted by Gasteiger charge is -2.07. The molecule has 4 heteroatoms. The Bertz CT molecular complexity index is 561. The summed E-state index contributed by atoms with van der Waals surface area (Å²) in [4.78, 5) is 3.96. The van der Waals surface area contributed by atoms with E-state index in [0.29, 0.717) is 23.7 Å². The average molecular weight is 225 g/mol. The molecule has 0 aliphatic rings. The summed E-state index contributed by atoms with van der Waals surface area (Å²) in [6.45, 7) is 0.306. The predicted octanol–water partition coefficient (Wildman–Crippen LogP) is 2.11. The van der Waals surface area contributed by atoms with Crippen molar-refractivity contribution in [3.8, 4) is 11.8 Å². The van der Waals surface area contributed by atoms with Gasteiger partial charge in [-0.25, -0.2) is 4.98 Å². The van der Waals surface area contributed by atoms with Crippen LogP contribution in [0.15, 0.2) is 42.6 Å². The first kappa shape index (κ1) is 11.0. The highest BCUT2D eigenvalue weighted by Crippen LogP contribution is 2.16. The van der Waals surface area contributed by atoms with Crippen LogP contribution in [0.3, 0.4) is 0 Å². The Balaban J connectivity index is 2.10. The van der Waals surface area contributed by atoms with Crippen LogP contribution in [-0.2, 0) is 6.61 Å². The van der Waals surface area contributed by atoms with E-state index in [9.17, 15) is 0 Å². The minimum Gasteiger partial charge on any atom is -0.489 e. The fourth-order valence-electron chi connectivity index (χ4n) is 1.42. The van der Waals surface area contributed by atoms with Crippen LogP contribution in [-0.4, -0.2) is 4.98 Å². The first-order chi connectivity index (χ1) is 8.29. The van der Waals surface area contributed by atoms with Gasteiger partial charge in [0.15, 0.2) is 0 Å². The number of hydrogen-bond acceptors (Lipinski definition) is 4. The molecular formula is C13H11N3O. The third-order valence-corrected chi connectivity index (χ3v) is 2.25. The van der Waals surface area contributed by atoms with Crippen molar-refractivity contribution in [1.82, 2.24) is 4.98 Å². The maximum atomic E-state index is 8.87. The minimum atomic E-state index is 0.306. The van der Waals surface area contributed by atoms with Gasteiger partial charge in [0.05, 0.1) is 0 Å². The average Bonchev–Trinajstić information content (AvgIpc) is 2.37. The van der Waals surface area contributed by atoms with E-state index in [2.05, 4.69) is 4.98 Å². The smallest absolute Gasteiger partial charge is 0.147 e. The van der Waals surface area contributed by atoms with Gasteiger partial charge >= 0.3 is 0 Å². The second-order valence-corrected chi connectivity index (χ2v) is 3.48. The van der Waals surface area contributed by atoms with Gasteiger partial charge in [-0.3, -0.25) is 0 Å². The highest BCUT2D eigenvalue weighted by Gasteiger charge is 2.03. The molecule has 0 aliphatic heterocycles. The largest absolute Gasteiger partial charge is 0.489 e. The summed E-state index contributed by atoms with van der Waals surface area (Å²) in [5.74, 6) is 0.678. The number of ether oxygens (including phenoxy) is 1. The van der Waals surface area contributed by atoms with Gasteiger partial charge in [-0.05, 0) is 18.2 Å². The van der Waals surface area contributed by atoms with Crippen LogP contribution in [0.2, 0.25) is 0 Å². The molecular weight excluding hydrogens is 214 g/mol. The van der Waals surface area contributed by atoms with Crippen LogP contribution in [0.1, 0.15) is 11.3 Å². The van der Waals surface area contributed by atoms with Crippen molar-refractivity contribution in [2.45, 2.75) is 6.61 Å². The molecule has 0 atom stereocenters. The standard InChI is InChI=1S/C13H11N3O/c14-8-13-10(3-2-6-16-13)9-17-12-5-1-4-11(15)7-12/h1-7H,9,15H2. The second-order valence-electron chi connectivity index (χ2n) is 3.48. The SMILES string of the molecule is N#Cc1ncccc1COc1cccc(N)c1. The van der Waals surface area contributed by atoms with E-state index in [0.717, 1.165) is 5.56 Å². The molecule has 1 aromatic heterocycles. The third-order valence-electron chi connectivity index (χ3n) is 2.25. The van der Waals surface area contributed by atoms with Crippen LogP contribution in [0.4, 0.5) is 5.69 Å². The maximum absolute atomic E-state index is 8.87. The lowest BCUT2D eigenvalue weighted by Crippen LogP contribution is -2.00. The summed E-state index contributed by atoms with van der Waals surface area (Å²) in [7, 11) is 0. The Morgan fingerprint density at radius 1 is 1.29 bits per heavy atom. The van der Waals surface area contributed by atoms with Gasteiger partial charge in [0.1, 0.15) is 24.1 Å². The lowest BCUT2D eigenvalue weighted by atomic mass is 10.2. The predicted molar refractivity (Wildman–Crippen MR) is 64.1 cm³/mol. The van der Waals surface area contributed by atoms with E-state index in [4.69, 9.17) is 15.7 Å². The Hall–Kier alpha value is -2.54. The van der Waals surface area contributed by atoms with Crippen molar-refractivity contribution < 1.29 is 4.74 Å². The van der Waals surface area contributed by atoms with Crippen LogP contribution in [0, 0.1) is 11.3 Å². The topological polar surface area (TPSA) is 71.9 Å². The molecule has 0 amide bonds. The molecule has 17 heavy (non-hydrogen) atoms. The first-order valence-electron chi connectivity index (χ1n) is 5.12. The quantitative estimate of drug-likeness (QED) is 0.812. The van der Waals surface area contributed by atoms with Gasteiger partial charge in [-0.2, -0.15) is 5.26 Å². The molecule has 2 rings (SSSR count). The zero-order chi connectivity index (χ0) is 12.1. The van der Waals surface area contributed by atoms with E-state index in [-0.39, 0.29) is 0 Å². The molecule has 0 fully saturated rings. The summed E-state index contributed by atoms with van der Waals surface area (Å²) in [5, 5.41) is 8.87. The molecule has 0 bridgehead atoms. The number of nitrogen functional groups attached to an aromatic ring is 1. The van der Waals surface area contributed by atoms with E-state index >= 15 is 0 Å². The summed E-state index contributed by atoms with van der Waals surface area (Å²) in [6.07, 6.45) is 1.59. The number of hydrogen-bond donors (Lipinski definition) is 1. The molecule has 4 nitrogen and oxygen atoms in total. The molecule has 84 valence electrons. The number of nitrogens with two attached hydrogens (primary N) is 1. The van der Waals surface area contributed by atoms with E-state index < -0.39 is 0 Å². The molecule has 0 spiro atoms. The van der Waals surface area contributed by atoms with Crippen molar-refractivity contribution in [1.29, 1.82) is 5.26 Å². The Kier molecular flexibility index (Phi) is 3.22. The summed E-state index contributed by atoms with van der Waals surface area (Å²) < 4.78 is 5.54. The van der Waals surface area contributed by atoms with Crippen molar-refractivity contribution >= 4 is 5.69 Å². The lowest BCUT2D eigenvalue weighted by molar-refractivity contribution is 0.305. The molecule has 2 N–H and O–H groups in total. The fraction of sp³-hybridized carbons (Fsp3) is 0.0769. The van der Waals surface area contributed by atoms with Crippen LogP contribution in [0.5, 0.6) is 5.75 Å². The van der Waals surface area contributed by atoms with Gasteiger partial charge in [-0.1, -0.05) is 12.1 Å². The molecule has 0 unspecified atom stereocenters. The number of benzene rings is 1. The normalized spacial score (nSPS) is 9.59. The Morgan fingerprint density at radius 3 is 2.94 bits per heavy atom. The molecule has 0 radical (unpaired) electrons. The van der Waals surface area contributed by atoms with Crippen molar-refractivity contribution in [3.63, 3.8) is 0 Å².